The predicted molar refractivity (Wildman–Crippen MR) is 90.8 cm³/mol. The van der Waals surface area contributed by atoms with E-state index in [9.17, 15) is 9.59 Å². The van der Waals surface area contributed by atoms with Crippen LogP contribution in [-0.2, 0) is 11.2 Å². The van der Waals surface area contributed by atoms with Crippen LogP contribution in [0.1, 0.15) is 33.6 Å². The molecule has 1 heterocycles. The fourth-order valence-electron chi connectivity index (χ4n) is 2.56. The first kappa shape index (κ1) is 14.8. The number of allylic oxidation sites excluding steroid dienone is 1. The molecule has 3 rings (SSSR count). The second-order valence-corrected chi connectivity index (χ2v) is 5.34. The third-order valence-electron chi connectivity index (χ3n) is 3.71. The van der Waals surface area contributed by atoms with Gasteiger partial charge in [-0.1, -0.05) is 18.2 Å². The predicted octanol–water partition coefficient (Wildman–Crippen LogP) is 2.72. The van der Waals surface area contributed by atoms with Gasteiger partial charge in [-0.3, -0.25) is 9.59 Å². The third-order valence-corrected chi connectivity index (χ3v) is 3.71. The number of benzene rings is 1. The Balaban J connectivity index is 1.70. The van der Waals surface area contributed by atoms with E-state index < -0.39 is 5.91 Å². The van der Waals surface area contributed by atoms with Crippen LogP contribution in [0.5, 0.6) is 0 Å². The zero-order valence-electron chi connectivity index (χ0n) is 12.5. The van der Waals surface area contributed by atoms with Crippen LogP contribution < -0.4 is 11.1 Å². The highest BCUT2D eigenvalue weighted by atomic mass is 16.1. The van der Waals surface area contributed by atoms with E-state index in [-0.39, 0.29) is 5.91 Å². The Morgan fingerprint density at radius 1 is 1.30 bits per heavy atom. The third kappa shape index (κ3) is 3.40. The summed E-state index contributed by atoms with van der Waals surface area (Å²) in [7, 11) is 0. The largest absolute Gasteiger partial charge is 0.366 e. The number of anilines is 1. The van der Waals surface area contributed by atoms with Crippen molar-refractivity contribution in [1.82, 2.24) is 4.98 Å². The number of amides is 2. The highest BCUT2D eigenvalue weighted by Gasteiger charge is 2.09. The number of fused-ring (bicyclic) bond motifs is 1. The van der Waals surface area contributed by atoms with Crippen molar-refractivity contribution in [2.75, 3.05) is 5.32 Å². The number of hydrogen-bond donors (Lipinski definition) is 3. The molecular formula is C18H17N3O2. The maximum atomic E-state index is 12.0. The molecule has 1 aliphatic carbocycles. The van der Waals surface area contributed by atoms with Gasteiger partial charge in [-0.2, -0.15) is 0 Å². The Bertz CT molecular complexity index is 815. The van der Waals surface area contributed by atoms with Gasteiger partial charge in [0.15, 0.2) is 0 Å². The number of aryl methyl sites for hydroxylation is 1. The number of rotatable bonds is 4. The summed E-state index contributed by atoms with van der Waals surface area (Å²) >= 11 is 0. The number of carbonyl (C=O) groups is 2. The molecular weight excluding hydrogens is 290 g/mol. The Morgan fingerprint density at radius 2 is 2.17 bits per heavy atom. The lowest BCUT2D eigenvalue weighted by Gasteiger charge is -2.05. The molecule has 0 bridgehead atoms. The van der Waals surface area contributed by atoms with Gasteiger partial charge in [0.1, 0.15) is 0 Å². The SMILES string of the molecule is NC(=O)c1cccc(NC(=O)/C=C/c2c[nH]c3c2C=CCC3)c1. The molecule has 0 radical (unpaired) electrons. The van der Waals surface area contributed by atoms with E-state index in [1.54, 1.807) is 30.3 Å². The Kier molecular flexibility index (Phi) is 4.10. The molecule has 0 atom stereocenters. The molecule has 0 saturated heterocycles. The molecule has 0 unspecified atom stereocenters. The topological polar surface area (TPSA) is 88.0 Å². The Hall–Kier alpha value is -3.08. The average molecular weight is 307 g/mol. The number of nitrogens with one attached hydrogen (secondary N) is 2. The number of H-pyrrole nitrogens is 1. The van der Waals surface area contributed by atoms with Crippen LogP contribution in [0.15, 0.2) is 42.6 Å². The summed E-state index contributed by atoms with van der Waals surface area (Å²) in [4.78, 5) is 26.4. The molecule has 0 fully saturated rings. The minimum Gasteiger partial charge on any atom is -0.366 e. The summed E-state index contributed by atoms with van der Waals surface area (Å²) in [5.74, 6) is -0.788. The van der Waals surface area contributed by atoms with Gasteiger partial charge in [-0.25, -0.2) is 0 Å². The van der Waals surface area contributed by atoms with Crippen LogP contribution in [0.3, 0.4) is 0 Å². The molecule has 116 valence electrons. The lowest BCUT2D eigenvalue weighted by Crippen LogP contribution is -2.12. The van der Waals surface area contributed by atoms with Crippen molar-refractivity contribution in [2.45, 2.75) is 12.8 Å². The van der Waals surface area contributed by atoms with Gasteiger partial charge in [-0.15, -0.1) is 0 Å². The van der Waals surface area contributed by atoms with E-state index in [1.165, 1.54) is 11.8 Å². The molecule has 0 saturated carbocycles. The van der Waals surface area contributed by atoms with Gasteiger partial charge < -0.3 is 16.0 Å². The lowest BCUT2D eigenvalue weighted by atomic mass is 10.0. The molecule has 0 spiro atoms. The summed E-state index contributed by atoms with van der Waals surface area (Å²) in [6, 6.07) is 6.53. The highest BCUT2D eigenvalue weighted by molar-refractivity contribution is 6.03. The summed E-state index contributed by atoms with van der Waals surface area (Å²) < 4.78 is 0. The molecule has 2 amide bonds. The van der Waals surface area contributed by atoms with Crippen molar-refractivity contribution >= 4 is 29.7 Å². The van der Waals surface area contributed by atoms with E-state index in [0.29, 0.717) is 11.3 Å². The molecule has 4 N–H and O–H groups in total. The van der Waals surface area contributed by atoms with E-state index in [2.05, 4.69) is 22.5 Å². The molecule has 1 aromatic carbocycles. The van der Waals surface area contributed by atoms with Crippen LogP contribution in [-0.4, -0.2) is 16.8 Å². The minimum atomic E-state index is -0.526. The maximum absolute atomic E-state index is 12.0. The lowest BCUT2D eigenvalue weighted by molar-refractivity contribution is -0.111. The van der Waals surface area contributed by atoms with Gasteiger partial charge >= 0.3 is 0 Å². The maximum Gasteiger partial charge on any atom is 0.248 e. The van der Waals surface area contributed by atoms with Gasteiger partial charge in [0.05, 0.1) is 0 Å². The molecule has 5 nitrogen and oxygen atoms in total. The van der Waals surface area contributed by atoms with Crippen molar-refractivity contribution in [2.24, 2.45) is 5.73 Å². The number of aromatic amines is 1. The van der Waals surface area contributed by atoms with Crippen molar-refractivity contribution in [3.8, 4) is 0 Å². The first-order valence-electron chi connectivity index (χ1n) is 7.39. The van der Waals surface area contributed by atoms with E-state index in [1.807, 2.05) is 6.20 Å². The molecule has 1 aromatic heterocycles. The number of primary amides is 1. The molecule has 23 heavy (non-hydrogen) atoms. The number of hydrogen-bond acceptors (Lipinski definition) is 2. The molecule has 1 aliphatic rings. The normalized spacial score (nSPS) is 13.0. The first-order valence-corrected chi connectivity index (χ1v) is 7.39. The van der Waals surface area contributed by atoms with E-state index in [0.717, 1.165) is 24.0 Å². The van der Waals surface area contributed by atoms with Crippen LogP contribution in [0, 0.1) is 0 Å². The van der Waals surface area contributed by atoms with Crippen LogP contribution in [0.2, 0.25) is 0 Å². The van der Waals surface area contributed by atoms with E-state index >= 15 is 0 Å². The zero-order valence-corrected chi connectivity index (χ0v) is 12.5. The number of nitrogens with two attached hydrogens (primary N) is 1. The van der Waals surface area contributed by atoms with Gasteiger partial charge in [0, 0.05) is 34.8 Å². The summed E-state index contributed by atoms with van der Waals surface area (Å²) in [6.07, 6.45) is 11.4. The Labute approximate surface area is 133 Å². The standard InChI is InChI=1S/C18H17N3O2/c19-18(23)12-4-3-5-14(10-12)21-17(22)9-8-13-11-20-16-7-2-1-6-15(13)16/h1,3-6,8-11,20H,2,7H2,(H2,19,23)(H,21,22)/b9-8+. The van der Waals surface area contributed by atoms with Crippen LogP contribution in [0.25, 0.3) is 12.2 Å². The molecule has 5 heteroatoms. The number of carbonyl (C=O) groups excluding carboxylic acids is 2. The monoisotopic (exact) mass is 307 g/mol. The van der Waals surface area contributed by atoms with Gasteiger partial charge in [0.25, 0.3) is 0 Å². The average Bonchev–Trinajstić information content (AvgIpc) is 2.96. The first-order chi connectivity index (χ1) is 11.1. The molecule has 2 aromatic rings. The second kappa shape index (κ2) is 6.36. The van der Waals surface area contributed by atoms with Gasteiger partial charge in [0.2, 0.25) is 11.8 Å². The van der Waals surface area contributed by atoms with Crippen molar-refractivity contribution in [3.63, 3.8) is 0 Å². The van der Waals surface area contributed by atoms with E-state index in [4.69, 9.17) is 5.73 Å². The Morgan fingerprint density at radius 3 is 3.00 bits per heavy atom. The summed E-state index contributed by atoms with van der Waals surface area (Å²) in [6.45, 7) is 0. The van der Waals surface area contributed by atoms with Gasteiger partial charge in [-0.05, 0) is 42.7 Å². The fraction of sp³-hybridized carbons (Fsp3) is 0.111. The second-order valence-electron chi connectivity index (χ2n) is 5.34. The quantitative estimate of drug-likeness (QED) is 0.758. The smallest absolute Gasteiger partial charge is 0.248 e. The van der Waals surface area contributed by atoms with Crippen LogP contribution in [0.4, 0.5) is 5.69 Å². The van der Waals surface area contributed by atoms with Crippen LogP contribution >= 0.6 is 0 Å². The van der Waals surface area contributed by atoms with Crippen molar-refractivity contribution in [1.29, 1.82) is 0 Å². The summed E-state index contributed by atoms with van der Waals surface area (Å²) in [5.41, 5.74) is 9.43. The fourth-order valence-corrected chi connectivity index (χ4v) is 2.56. The zero-order chi connectivity index (χ0) is 16.2. The van der Waals surface area contributed by atoms with Crippen molar-refractivity contribution in [3.05, 3.63) is 65.0 Å². The highest BCUT2D eigenvalue weighted by Crippen LogP contribution is 2.23. The summed E-state index contributed by atoms with van der Waals surface area (Å²) in [5, 5.41) is 2.72. The van der Waals surface area contributed by atoms with Crippen molar-refractivity contribution < 1.29 is 9.59 Å². The minimum absolute atomic E-state index is 0.263. The number of aromatic nitrogens is 1. The molecule has 0 aliphatic heterocycles.